The molecule has 2 aromatic carbocycles. The molecular formula is C18H20F2NO5P. The monoisotopic (exact) mass is 399 g/mol. The van der Waals surface area contributed by atoms with Crippen LogP contribution < -0.4 is 14.1 Å². The van der Waals surface area contributed by atoms with Crippen LogP contribution in [0.1, 0.15) is 20.8 Å². The summed E-state index contributed by atoms with van der Waals surface area (Å²) in [6.07, 6.45) is -0.383. The highest BCUT2D eigenvalue weighted by molar-refractivity contribution is 7.52. The third-order valence-electron chi connectivity index (χ3n) is 3.14. The number of carbonyl (C=O) groups is 1. The SMILES string of the molecule is CC(C)OC(=O)[C@H](C)NP(=O)(Oc1ccccc1)Oc1ccc(F)cc1F. The number of ether oxygens (including phenoxy) is 1. The van der Waals surface area contributed by atoms with Gasteiger partial charge in [0.25, 0.3) is 0 Å². The average molecular weight is 399 g/mol. The number of para-hydroxylation sites is 1. The number of nitrogens with one attached hydrogen (secondary N) is 1. The molecule has 0 radical (unpaired) electrons. The molecular weight excluding hydrogens is 379 g/mol. The number of esters is 1. The first-order valence-corrected chi connectivity index (χ1v) is 9.70. The smallest absolute Gasteiger partial charge is 0.462 e. The summed E-state index contributed by atoms with van der Waals surface area (Å²) in [5.41, 5.74) is 0. The van der Waals surface area contributed by atoms with Gasteiger partial charge in [-0.15, -0.1) is 0 Å². The van der Waals surface area contributed by atoms with Gasteiger partial charge in [-0.05, 0) is 45.0 Å². The Balaban J connectivity index is 2.27. The van der Waals surface area contributed by atoms with Gasteiger partial charge in [-0.1, -0.05) is 18.2 Å². The van der Waals surface area contributed by atoms with Crippen molar-refractivity contribution in [3.05, 3.63) is 60.2 Å². The van der Waals surface area contributed by atoms with E-state index in [1.165, 1.54) is 19.1 Å². The van der Waals surface area contributed by atoms with Gasteiger partial charge in [0.15, 0.2) is 11.6 Å². The van der Waals surface area contributed by atoms with E-state index in [2.05, 4.69) is 5.09 Å². The zero-order chi connectivity index (χ0) is 20.0. The van der Waals surface area contributed by atoms with Gasteiger partial charge in [-0.2, -0.15) is 5.09 Å². The molecule has 1 N–H and O–H groups in total. The summed E-state index contributed by atoms with van der Waals surface area (Å²) < 4.78 is 55.8. The van der Waals surface area contributed by atoms with Crippen molar-refractivity contribution in [3.8, 4) is 11.5 Å². The fourth-order valence-electron chi connectivity index (χ4n) is 1.99. The molecule has 0 heterocycles. The first kappa shape index (κ1) is 20.9. The Kier molecular flexibility index (Phi) is 6.93. The molecule has 146 valence electrons. The van der Waals surface area contributed by atoms with E-state index in [0.717, 1.165) is 12.1 Å². The van der Waals surface area contributed by atoms with Crippen LogP contribution in [0.2, 0.25) is 0 Å². The number of benzene rings is 2. The van der Waals surface area contributed by atoms with Crippen LogP contribution >= 0.6 is 7.75 Å². The number of carbonyl (C=O) groups excluding carboxylic acids is 1. The fraction of sp³-hybridized carbons (Fsp3) is 0.278. The average Bonchev–Trinajstić information content (AvgIpc) is 2.57. The lowest BCUT2D eigenvalue weighted by Crippen LogP contribution is -2.36. The molecule has 6 nitrogen and oxygen atoms in total. The van der Waals surface area contributed by atoms with E-state index in [4.69, 9.17) is 13.8 Å². The molecule has 0 spiro atoms. The molecule has 0 amide bonds. The highest BCUT2D eigenvalue weighted by Gasteiger charge is 2.34. The van der Waals surface area contributed by atoms with Gasteiger partial charge in [-0.25, -0.2) is 13.3 Å². The largest absolute Gasteiger partial charge is 0.513 e. The molecule has 2 aromatic rings. The number of hydrogen-bond donors (Lipinski definition) is 1. The van der Waals surface area contributed by atoms with Crippen LogP contribution in [0.5, 0.6) is 11.5 Å². The second-order valence-electron chi connectivity index (χ2n) is 5.90. The van der Waals surface area contributed by atoms with E-state index >= 15 is 0 Å². The molecule has 0 fully saturated rings. The van der Waals surface area contributed by atoms with Crippen LogP contribution in [0, 0.1) is 11.6 Å². The lowest BCUT2D eigenvalue weighted by Gasteiger charge is -2.23. The first-order chi connectivity index (χ1) is 12.7. The number of halogens is 2. The molecule has 0 saturated carbocycles. The molecule has 1 unspecified atom stereocenters. The van der Waals surface area contributed by atoms with E-state index in [1.54, 1.807) is 32.0 Å². The van der Waals surface area contributed by atoms with Crippen LogP contribution in [-0.2, 0) is 14.1 Å². The van der Waals surface area contributed by atoms with E-state index in [9.17, 15) is 18.1 Å². The van der Waals surface area contributed by atoms with Gasteiger partial charge in [0, 0.05) is 6.07 Å². The maximum absolute atomic E-state index is 13.9. The molecule has 2 rings (SSSR count). The molecule has 0 aliphatic rings. The Morgan fingerprint density at radius 1 is 1.04 bits per heavy atom. The van der Waals surface area contributed by atoms with E-state index in [0.29, 0.717) is 6.07 Å². The lowest BCUT2D eigenvalue weighted by atomic mass is 10.3. The van der Waals surface area contributed by atoms with Crippen LogP contribution in [0.15, 0.2) is 48.5 Å². The molecule has 0 aliphatic heterocycles. The Morgan fingerprint density at radius 3 is 2.30 bits per heavy atom. The zero-order valence-corrected chi connectivity index (χ0v) is 15.9. The molecule has 0 bridgehead atoms. The molecule has 0 aliphatic carbocycles. The Hall–Kier alpha value is -2.44. The van der Waals surface area contributed by atoms with Crippen molar-refractivity contribution in [2.45, 2.75) is 32.9 Å². The maximum Gasteiger partial charge on any atom is 0.513 e. The summed E-state index contributed by atoms with van der Waals surface area (Å²) in [6.45, 7) is 4.72. The highest BCUT2D eigenvalue weighted by Crippen LogP contribution is 2.46. The fourth-order valence-corrected chi connectivity index (χ4v) is 3.52. The van der Waals surface area contributed by atoms with Crippen LogP contribution in [-0.4, -0.2) is 18.1 Å². The minimum absolute atomic E-state index is 0.167. The molecule has 0 aromatic heterocycles. The van der Waals surface area contributed by atoms with Crippen LogP contribution in [0.3, 0.4) is 0 Å². The van der Waals surface area contributed by atoms with Crippen molar-refractivity contribution in [1.82, 2.24) is 5.09 Å². The summed E-state index contributed by atoms with van der Waals surface area (Å²) in [7, 11) is -4.27. The molecule has 27 heavy (non-hydrogen) atoms. The van der Waals surface area contributed by atoms with E-state index in [1.807, 2.05) is 0 Å². The maximum atomic E-state index is 13.9. The van der Waals surface area contributed by atoms with Gasteiger partial charge in [-0.3, -0.25) is 4.79 Å². The highest BCUT2D eigenvalue weighted by atomic mass is 31.2. The van der Waals surface area contributed by atoms with Gasteiger partial charge in [0.1, 0.15) is 17.6 Å². The Morgan fingerprint density at radius 2 is 1.70 bits per heavy atom. The Bertz CT molecular complexity index is 832. The van der Waals surface area contributed by atoms with Gasteiger partial charge in [0.05, 0.1) is 6.10 Å². The van der Waals surface area contributed by atoms with Crippen LogP contribution in [0.4, 0.5) is 8.78 Å². The van der Waals surface area contributed by atoms with Crippen molar-refractivity contribution in [2.24, 2.45) is 0 Å². The number of rotatable bonds is 8. The third kappa shape index (κ3) is 6.34. The summed E-state index contributed by atoms with van der Waals surface area (Å²) in [5.74, 6) is -2.90. The van der Waals surface area contributed by atoms with Crippen molar-refractivity contribution in [3.63, 3.8) is 0 Å². The molecule has 9 heteroatoms. The van der Waals surface area contributed by atoms with E-state index in [-0.39, 0.29) is 11.9 Å². The van der Waals surface area contributed by atoms with Crippen molar-refractivity contribution >= 4 is 13.7 Å². The standard InChI is InChI=1S/C18H20F2NO5P/c1-12(2)24-18(22)13(3)21-27(23,25-15-7-5-4-6-8-15)26-17-10-9-14(19)11-16(17)20/h4-13H,1-3H3,(H,21,23)/t13-,27?/m0/s1. The molecule has 2 atom stereocenters. The second-order valence-corrected chi connectivity index (χ2v) is 7.52. The summed E-state index contributed by atoms with van der Waals surface area (Å²) in [5, 5.41) is 2.41. The van der Waals surface area contributed by atoms with Crippen molar-refractivity contribution in [2.75, 3.05) is 0 Å². The number of hydrogen-bond acceptors (Lipinski definition) is 5. The minimum Gasteiger partial charge on any atom is -0.462 e. The summed E-state index contributed by atoms with van der Waals surface area (Å²) >= 11 is 0. The topological polar surface area (TPSA) is 73.9 Å². The summed E-state index contributed by atoms with van der Waals surface area (Å²) in [4.78, 5) is 12.0. The zero-order valence-electron chi connectivity index (χ0n) is 15.0. The molecule has 0 saturated heterocycles. The van der Waals surface area contributed by atoms with Crippen LogP contribution in [0.25, 0.3) is 0 Å². The summed E-state index contributed by atoms with van der Waals surface area (Å²) in [6, 6.07) is 9.43. The minimum atomic E-state index is -4.27. The predicted molar refractivity (Wildman–Crippen MR) is 95.5 cm³/mol. The van der Waals surface area contributed by atoms with Crippen molar-refractivity contribution < 1.29 is 31.9 Å². The normalized spacial score (nSPS) is 14.3. The second kappa shape index (κ2) is 8.97. The van der Waals surface area contributed by atoms with Gasteiger partial charge >= 0.3 is 13.7 Å². The van der Waals surface area contributed by atoms with Crippen molar-refractivity contribution in [1.29, 1.82) is 0 Å². The van der Waals surface area contributed by atoms with Gasteiger partial charge in [0.2, 0.25) is 0 Å². The van der Waals surface area contributed by atoms with Gasteiger partial charge < -0.3 is 13.8 Å². The quantitative estimate of drug-likeness (QED) is 0.522. The predicted octanol–water partition coefficient (Wildman–Crippen LogP) is 4.46. The van der Waals surface area contributed by atoms with E-state index < -0.39 is 37.1 Å². The third-order valence-corrected chi connectivity index (χ3v) is 4.73. The lowest BCUT2D eigenvalue weighted by molar-refractivity contribution is -0.149. The first-order valence-electron chi connectivity index (χ1n) is 8.16. The Labute approximate surface area is 156 Å².